The standard InChI is InChI=1S/C8H17NO3SSi/c1-8(5-13-7-9)6-14(10-2,11-3)12-4/h8H,5-6H2,1-4H3. The highest BCUT2D eigenvalue weighted by Gasteiger charge is 2.39. The Hall–Kier alpha value is -0.0631. The number of hydrogen-bond acceptors (Lipinski definition) is 5. The Labute approximate surface area is 90.9 Å². The zero-order valence-electron chi connectivity index (χ0n) is 9.07. The second-order valence-electron chi connectivity index (χ2n) is 3.01. The van der Waals surface area contributed by atoms with Gasteiger partial charge in [0.15, 0.2) is 0 Å². The lowest BCUT2D eigenvalue weighted by Gasteiger charge is -2.26. The molecule has 1 atom stereocenters. The summed E-state index contributed by atoms with van der Waals surface area (Å²) in [5.41, 5.74) is 0. The van der Waals surface area contributed by atoms with Crippen molar-refractivity contribution in [3.63, 3.8) is 0 Å². The summed E-state index contributed by atoms with van der Waals surface area (Å²) < 4.78 is 15.9. The van der Waals surface area contributed by atoms with Crippen LogP contribution in [0.25, 0.3) is 0 Å². The molecule has 0 N–H and O–H groups in total. The second-order valence-corrected chi connectivity index (χ2v) is 6.81. The first-order valence-corrected chi connectivity index (χ1v) is 7.22. The van der Waals surface area contributed by atoms with Gasteiger partial charge in [0.25, 0.3) is 0 Å². The van der Waals surface area contributed by atoms with Gasteiger partial charge in [0, 0.05) is 33.1 Å². The largest absolute Gasteiger partial charge is 0.500 e. The van der Waals surface area contributed by atoms with Crippen molar-refractivity contribution in [2.75, 3.05) is 27.1 Å². The lowest BCUT2D eigenvalue weighted by Crippen LogP contribution is -2.44. The highest BCUT2D eigenvalue weighted by Crippen LogP contribution is 2.21. The first kappa shape index (κ1) is 13.9. The van der Waals surface area contributed by atoms with Crippen molar-refractivity contribution in [2.45, 2.75) is 13.0 Å². The van der Waals surface area contributed by atoms with Gasteiger partial charge in [-0.3, -0.25) is 0 Å². The van der Waals surface area contributed by atoms with E-state index in [1.165, 1.54) is 11.8 Å². The fourth-order valence-corrected chi connectivity index (χ4v) is 3.85. The average Bonchev–Trinajstić information content (AvgIpc) is 2.23. The first-order chi connectivity index (χ1) is 6.64. The van der Waals surface area contributed by atoms with Crippen LogP contribution in [0.4, 0.5) is 0 Å². The van der Waals surface area contributed by atoms with Gasteiger partial charge in [0.1, 0.15) is 5.40 Å². The van der Waals surface area contributed by atoms with Crippen molar-refractivity contribution in [2.24, 2.45) is 5.92 Å². The Morgan fingerprint density at radius 1 is 1.29 bits per heavy atom. The molecule has 1 unspecified atom stereocenters. The number of nitrogens with zero attached hydrogens (tertiary/aromatic N) is 1. The van der Waals surface area contributed by atoms with Gasteiger partial charge in [-0.15, -0.1) is 0 Å². The molecule has 0 spiro atoms. The molecule has 0 aromatic carbocycles. The zero-order chi connectivity index (χ0) is 11.0. The van der Waals surface area contributed by atoms with Gasteiger partial charge in [-0.1, -0.05) is 6.92 Å². The lowest BCUT2D eigenvalue weighted by molar-refractivity contribution is 0.120. The molecule has 0 radical (unpaired) electrons. The maximum atomic E-state index is 8.42. The summed E-state index contributed by atoms with van der Waals surface area (Å²) in [5.74, 6) is 1.13. The molecule has 0 fully saturated rings. The van der Waals surface area contributed by atoms with Gasteiger partial charge in [-0.25, -0.2) is 0 Å². The molecule has 0 saturated heterocycles. The molecule has 6 heteroatoms. The van der Waals surface area contributed by atoms with E-state index in [9.17, 15) is 0 Å². The summed E-state index contributed by atoms with van der Waals surface area (Å²) in [6.07, 6.45) is 0. The molecule has 14 heavy (non-hydrogen) atoms. The van der Waals surface area contributed by atoms with Gasteiger partial charge < -0.3 is 13.3 Å². The third kappa shape index (κ3) is 4.44. The summed E-state index contributed by atoms with van der Waals surface area (Å²) in [4.78, 5) is 0. The van der Waals surface area contributed by atoms with Gasteiger partial charge >= 0.3 is 8.80 Å². The highest BCUT2D eigenvalue weighted by atomic mass is 32.2. The van der Waals surface area contributed by atoms with Crippen molar-refractivity contribution in [3.05, 3.63) is 0 Å². The van der Waals surface area contributed by atoms with Gasteiger partial charge in [-0.2, -0.15) is 5.26 Å². The summed E-state index contributed by atoms with van der Waals surface area (Å²) >= 11 is 1.25. The molecule has 0 aliphatic carbocycles. The fraction of sp³-hybridized carbons (Fsp3) is 0.875. The van der Waals surface area contributed by atoms with E-state index in [-0.39, 0.29) is 0 Å². The maximum absolute atomic E-state index is 8.42. The minimum absolute atomic E-state index is 0.353. The van der Waals surface area contributed by atoms with Crippen molar-refractivity contribution in [1.29, 1.82) is 5.26 Å². The Morgan fingerprint density at radius 3 is 2.14 bits per heavy atom. The first-order valence-electron chi connectivity index (χ1n) is 4.30. The van der Waals surface area contributed by atoms with E-state index in [0.717, 1.165) is 11.8 Å². The van der Waals surface area contributed by atoms with Crippen LogP contribution in [-0.4, -0.2) is 35.9 Å². The maximum Gasteiger partial charge on any atom is 0.500 e. The number of nitriles is 1. The van der Waals surface area contributed by atoms with Crippen LogP contribution < -0.4 is 0 Å². The molecule has 0 heterocycles. The van der Waals surface area contributed by atoms with E-state index in [1.807, 2.05) is 5.40 Å². The van der Waals surface area contributed by atoms with Crippen LogP contribution in [0, 0.1) is 16.6 Å². The van der Waals surface area contributed by atoms with Crippen molar-refractivity contribution in [1.82, 2.24) is 0 Å². The Bertz CT molecular complexity index is 185. The predicted molar refractivity (Wildman–Crippen MR) is 58.8 cm³/mol. The third-order valence-electron chi connectivity index (χ3n) is 1.96. The van der Waals surface area contributed by atoms with Crippen LogP contribution in [0.2, 0.25) is 6.04 Å². The summed E-state index contributed by atoms with van der Waals surface area (Å²) in [7, 11) is 2.35. The van der Waals surface area contributed by atoms with Gasteiger partial charge in [0.2, 0.25) is 0 Å². The molecule has 0 rings (SSSR count). The molecule has 0 aliphatic rings. The van der Waals surface area contributed by atoms with Crippen molar-refractivity contribution >= 4 is 20.6 Å². The Balaban J connectivity index is 4.09. The molecule has 0 bridgehead atoms. The number of thioether (sulfide) groups is 1. The Kier molecular flexibility index (Phi) is 7.23. The average molecular weight is 235 g/mol. The molecule has 4 nitrogen and oxygen atoms in total. The lowest BCUT2D eigenvalue weighted by atomic mass is 10.3. The van der Waals surface area contributed by atoms with Gasteiger partial charge in [-0.05, 0) is 17.7 Å². The molecule has 0 aliphatic heterocycles. The smallest absolute Gasteiger partial charge is 0.377 e. The minimum atomic E-state index is -2.45. The molecular weight excluding hydrogens is 218 g/mol. The molecule has 0 aromatic rings. The highest BCUT2D eigenvalue weighted by molar-refractivity contribution is 8.03. The van der Waals surface area contributed by atoms with Crippen LogP contribution in [0.1, 0.15) is 6.92 Å². The van der Waals surface area contributed by atoms with E-state index < -0.39 is 8.80 Å². The number of thiocyanates is 1. The molecule has 0 amide bonds. The van der Waals surface area contributed by atoms with E-state index in [4.69, 9.17) is 18.5 Å². The molecule has 82 valence electrons. The molecule has 0 aromatic heterocycles. The van der Waals surface area contributed by atoms with E-state index in [2.05, 4.69) is 6.92 Å². The summed E-state index contributed by atoms with van der Waals surface area (Å²) in [5, 5.41) is 10.5. The second kappa shape index (κ2) is 7.26. The minimum Gasteiger partial charge on any atom is -0.377 e. The van der Waals surface area contributed by atoms with Crippen LogP contribution in [-0.2, 0) is 13.3 Å². The molecular formula is C8H17NO3SSi. The van der Waals surface area contributed by atoms with Crippen molar-refractivity contribution < 1.29 is 13.3 Å². The quantitative estimate of drug-likeness (QED) is 0.497. The van der Waals surface area contributed by atoms with E-state index >= 15 is 0 Å². The predicted octanol–water partition coefficient (Wildman–Crippen LogP) is 1.71. The third-order valence-corrected chi connectivity index (χ3v) is 5.89. The normalized spacial score (nSPS) is 13.6. The number of rotatable bonds is 7. The van der Waals surface area contributed by atoms with Crippen LogP contribution in [0.5, 0.6) is 0 Å². The fourth-order valence-electron chi connectivity index (χ4n) is 1.17. The topological polar surface area (TPSA) is 51.5 Å². The van der Waals surface area contributed by atoms with Crippen LogP contribution >= 0.6 is 11.8 Å². The van der Waals surface area contributed by atoms with E-state index in [1.54, 1.807) is 21.3 Å². The van der Waals surface area contributed by atoms with Crippen molar-refractivity contribution in [3.8, 4) is 5.40 Å². The summed E-state index contributed by atoms with van der Waals surface area (Å²) in [6.45, 7) is 2.06. The van der Waals surface area contributed by atoms with Gasteiger partial charge in [0.05, 0.1) is 0 Å². The summed E-state index contributed by atoms with van der Waals surface area (Å²) in [6, 6.07) is 0.741. The zero-order valence-corrected chi connectivity index (χ0v) is 10.9. The Morgan fingerprint density at radius 2 is 1.79 bits per heavy atom. The van der Waals surface area contributed by atoms with Crippen LogP contribution in [0.3, 0.4) is 0 Å². The SMILES string of the molecule is CO[Si](CC(C)CSC#N)(OC)OC. The monoisotopic (exact) mass is 235 g/mol. The molecule has 0 saturated carbocycles. The van der Waals surface area contributed by atoms with E-state index in [0.29, 0.717) is 5.92 Å². The number of hydrogen-bond donors (Lipinski definition) is 0. The van der Waals surface area contributed by atoms with Crippen LogP contribution in [0.15, 0.2) is 0 Å².